The highest BCUT2D eigenvalue weighted by atomic mass is 35.5. The molecule has 0 saturated carbocycles. The van der Waals surface area contributed by atoms with Crippen LogP contribution in [0.3, 0.4) is 0 Å². The van der Waals surface area contributed by atoms with Gasteiger partial charge in [-0.2, -0.15) is 0 Å². The molecule has 0 aliphatic rings. The van der Waals surface area contributed by atoms with Crippen molar-refractivity contribution in [2.24, 2.45) is 0 Å². The zero-order valence-corrected chi connectivity index (χ0v) is 11.7. The smallest absolute Gasteiger partial charge is 0.260 e. The van der Waals surface area contributed by atoms with Gasteiger partial charge in [-0.3, -0.25) is 4.79 Å². The van der Waals surface area contributed by atoms with E-state index < -0.39 is 0 Å². The van der Waals surface area contributed by atoms with Gasteiger partial charge in [0.15, 0.2) is 6.61 Å². The van der Waals surface area contributed by atoms with Gasteiger partial charge >= 0.3 is 0 Å². The van der Waals surface area contributed by atoms with Crippen molar-refractivity contribution in [2.45, 2.75) is 26.7 Å². The lowest BCUT2D eigenvalue weighted by Gasteiger charge is -2.21. The number of hydrogen-bond acceptors (Lipinski definition) is 2. The Morgan fingerprint density at radius 3 is 2.50 bits per heavy atom. The van der Waals surface area contributed by atoms with Crippen LogP contribution in [0.1, 0.15) is 26.7 Å². The molecule has 0 N–H and O–H groups in total. The normalized spacial score (nSPS) is 10.2. The molecule has 0 saturated heterocycles. The van der Waals surface area contributed by atoms with Gasteiger partial charge in [0.25, 0.3) is 5.91 Å². The molecular formula is C14H20ClNO2. The summed E-state index contributed by atoms with van der Waals surface area (Å²) in [5.41, 5.74) is 0. The molecule has 0 fully saturated rings. The van der Waals surface area contributed by atoms with Crippen molar-refractivity contribution < 1.29 is 9.53 Å². The Morgan fingerprint density at radius 2 is 1.94 bits per heavy atom. The number of ether oxygens (including phenoxy) is 1. The summed E-state index contributed by atoms with van der Waals surface area (Å²) in [5, 5.41) is 0.610. The monoisotopic (exact) mass is 269 g/mol. The maximum absolute atomic E-state index is 11.9. The van der Waals surface area contributed by atoms with E-state index in [2.05, 4.69) is 13.8 Å². The lowest BCUT2D eigenvalue weighted by atomic mass is 10.3. The van der Waals surface area contributed by atoms with Crippen LogP contribution in [0.4, 0.5) is 0 Å². The molecule has 0 aromatic heterocycles. The Kier molecular flexibility index (Phi) is 6.58. The van der Waals surface area contributed by atoms with Crippen LogP contribution < -0.4 is 4.74 Å². The van der Waals surface area contributed by atoms with Crippen LogP contribution >= 0.6 is 11.6 Å². The van der Waals surface area contributed by atoms with Gasteiger partial charge in [0, 0.05) is 18.1 Å². The van der Waals surface area contributed by atoms with Gasteiger partial charge in [-0.1, -0.05) is 31.5 Å². The predicted molar refractivity (Wildman–Crippen MR) is 74.1 cm³/mol. The van der Waals surface area contributed by atoms with Gasteiger partial charge in [-0.15, -0.1) is 0 Å². The minimum atomic E-state index is 0.0266. The summed E-state index contributed by atoms with van der Waals surface area (Å²) >= 11 is 5.85. The number of halogens is 1. The molecule has 0 unspecified atom stereocenters. The average Bonchev–Trinajstić information content (AvgIpc) is 2.36. The minimum absolute atomic E-state index is 0.0266. The number of rotatable bonds is 7. The molecule has 4 heteroatoms. The summed E-state index contributed by atoms with van der Waals surface area (Å²) in [6.07, 6.45) is 1.92. The van der Waals surface area contributed by atoms with Crippen LogP contribution in [0.15, 0.2) is 24.3 Å². The van der Waals surface area contributed by atoms with E-state index >= 15 is 0 Å². The highest BCUT2D eigenvalue weighted by Gasteiger charge is 2.12. The van der Waals surface area contributed by atoms with E-state index in [1.54, 1.807) is 24.3 Å². The third-order valence-electron chi connectivity index (χ3n) is 2.50. The number of hydrogen-bond donors (Lipinski definition) is 0. The maximum Gasteiger partial charge on any atom is 0.260 e. The Balaban J connectivity index is 2.48. The van der Waals surface area contributed by atoms with Gasteiger partial charge in [0.05, 0.1) is 0 Å². The van der Waals surface area contributed by atoms with Gasteiger partial charge in [0.1, 0.15) is 5.75 Å². The molecule has 100 valence electrons. The van der Waals surface area contributed by atoms with Crippen LogP contribution in [0.5, 0.6) is 5.75 Å². The quantitative estimate of drug-likeness (QED) is 0.760. The number of benzene rings is 1. The largest absolute Gasteiger partial charge is 0.484 e. The predicted octanol–water partition coefficient (Wildman–Crippen LogP) is 3.37. The lowest BCUT2D eigenvalue weighted by Crippen LogP contribution is -2.36. The van der Waals surface area contributed by atoms with Crippen LogP contribution in [-0.4, -0.2) is 30.5 Å². The molecule has 0 bridgehead atoms. The minimum Gasteiger partial charge on any atom is -0.484 e. The molecule has 1 aromatic carbocycles. The second-order valence-corrected chi connectivity index (χ2v) is 4.56. The molecule has 0 atom stereocenters. The molecule has 1 aromatic rings. The molecule has 3 nitrogen and oxygen atoms in total. The molecule has 0 aliphatic heterocycles. The van der Waals surface area contributed by atoms with Crippen molar-refractivity contribution in [1.82, 2.24) is 4.90 Å². The number of amides is 1. The van der Waals surface area contributed by atoms with E-state index in [0.717, 1.165) is 25.9 Å². The highest BCUT2D eigenvalue weighted by Crippen LogP contribution is 2.17. The van der Waals surface area contributed by atoms with Crippen LogP contribution in [0.25, 0.3) is 0 Å². The first-order valence-corrected chi connectivity index (χ1v) is 6.71. The molecular weight excluding hydrogens is 250 g/mol. The fourth-order valence-electron chi connectivity index (χ4n) is 1.69. The molecule has 0 aliphatic carbocycles. The summed E-state index contributed by atoms with van der Waals surface area (Å²) in [6.45, 7) is 5.76. The van der Waals surface area contributed by atoms with E-state index in [4.69, 9.17) is 16.3 Å². The Labute approximate surface area is 114 Å². The molecule has 18 heavy (non-hydrogen) atoms. The van der Waals surface area contributed by atoms with E-state index in [0.29, 0.717) is 10.8 Å². The molecule has 1 rings (SSSR count). The summed E-state index contributed by atoms with van der Waals surface area (Å²) < 4.78 is 5.45. The van der Waals surface area contributed by atoms with Crippen molar-refractivity contribution >= 4 is 17.5 Å². The standard InChI is InChI=1S/C14H20ClNO2/c1-3-8-16(9-4-2)14(17)11-18-13-7-5-6-12(15)10-13/h5-7,10H,3-4,8-9,11H2,1-2H3. The molecule has 0 radical (unpaired) electrons. The Morgan fingerprint density at radius 1 is 1.28 bits per heavy atom. The topological polar surface area (TPSA) is 29.5 Å². The van der Waals surface area contributed by atoms with Crippen molar-refractivity contribution in [2.75, 3.05) is 19.7 Å². The fourth-order valence-corrected chi connectivity index (χ4v) is 1.87. The van der Waals surface area contributed by atoms with Gasteiger partial charge < -0.3 is 9.64 Å². The van der Waals surface area contributed by atoms with E-state index in [-0.39, 0.29) is 12.5 Å². The first kappa shape index (κ1) is 14.8. The molecule has 0 heterocycles. The summed E-state index contributed by atoms with van der Waals surface area (Å²) in [6, 6.07) is 7.08. The second kappa shape index (κ2) is 7.98. The number of carbonyl (C=O) groups is 1. The first-order valence-electron chi connectivity index (χ1n) is 6.33. The van der Waals surface area contributed by atoms with Crippen molar-refractivity contribution in [3.63, 3.8) is 0 Å². The van der Waals surface area contributed by atoms with Crippen molar-refractivity contribution in [3.8, 4) is 5.75 Å². The summed E-state index contributed by atoms with van der Waals surface area (Å²) in [5.74, 6) is 0.655. The summed E-state index contributed by atoms with van der Waals surface area (Å²) in [7, 11) is 0. The number of carbonyl (C=O) groups excluding carboxylic acids is 1. The van der Waals surface area contributed by atoms with E-state index in [1.165, 1.54) is 0 Å². The van der Waals surface area contributed by atoms with Crippen LogP contribution in [-0.2, 0) is 4.79 Å². The van der Waals surface area contributed by atoms with Crippen LogP contribution in [0, 0.1) is 0 Å². The SMILES string of the molecule is CCCN(CCC)C(=O)COc1cccc(Cl)c1. The highest BCUT2D eigenvalue weighted by molar-refractivity contribution is 6.30. The molecule has 0 spiro atoms. The third kappa shape index (κ3) is 4.96. The van der Waals surface area contributed by atoms with Gasteiger partial charge in [-0.25, -0.2) is 0 Å². The lowest BCUT2D eigenvalue weighted by molar-refractivity contribution is -0.133. The van der Waals surface area contributed by atoms with Crippen LogP contribution in [0.2, 0.25) is 5.02 Å². The second-order valence-electron chi connectivity index (χ2n) is 4.13. The van der Waals surface area contributed by atoms with Gasteiger partial charge in [-0.05, 0) is 31.0 Å². The third-order valence-corrected chi connectivity index (χ3v) is 2.73. The zero-order chi connectivity index (χ0) is 13.4. The van der Waals surface area contributed by atoms with Gasteiger partial charge in [0.2, 0.25) is 0 Å². The summed E-state index contributed by atoms with van der Waals surface area (Å²) in [4.78, 5) is 13.8. The number of nitrogens with zero attached hydrogens (tertiary/aromatic N) is 1. The van der Waals surface area contributed by atoms with Crippen molar-refractivity contribution in [1.29, 1.82) is 0 Å². The van der Waals surface area contributed by atoms with Crippen molar-refractivity contribution in [3.05, 3.63) is 29.3 Å². The molecule has 1 amide bonds. The maximum atomic E-state index is 11.9. The fraction of sp³-hybridized carbons (Fsp3) is 0.500. The zero-order valence-electron chi connectivity index (χ0n) is 11.0. The average molecular weight is 270 g/mol. The van der Waals surface area contributed by atoms with E-state index in [9.17, 15) is 4.79 Å². The van der Waals surface area contributed by atoms with E-state index in [1.807, 2.05) is 4.90 Å². The first-order chi connectivity index (χ1) is 8.67. The Hall–Kier alpha value is -1.22. The Bertz CT molecular complexity index is 376.